The van der Waals surface area contributed by atoms with E-state index >= 15 is 0 Å². The molecule has 0 spiro atoms. The highest BCUT2D eigenvalue weighted by atomic mass is 16.1. The Morgan fingerprint density at radius 1 is 0.870 bits per heavy atom. The van der Waals surface area contributed by atoms with Crippen LogP contribution in [0, 0.1) is 0 Å². The molecule has 5 heteroatoms. The van der Waals surface area contributed by atoms with Crippen molar-refractivity contribution in [2.75, 3.05) is 0 Å². The third-order valence-corrected chi connectivity index (χ3v) is 3.81. The number of benzene rings is 2. The normalized spacial score (nSPS) is 11.0. The molecule has 0 unspecified atom stereocenters. The Balaban J connectivity index is 1.97. The number of hydrogen-bond donors (Lipinski definition) is 1. The maximum absolute atomic E-state index is 12.4. The summed E-state index contributed by atoms with van der Waals surface area (Å²) in [5.41, 5.74) is 2.52. The van der Waals surface area contributed by atoms with E-state index in [1.807, 2.05) is 72.3 Å². The van der Waals surface area contributed by atoms with Crippen molar-refractivity contribution in [1.82, 2.24) is 19.5 Å². The number of rotatable bonds is 2. The average Bonchev–Trinajstić information content (AvgIpc) is 2.94. The number of aromatic nitrogens is 4. The van der Waals surface area contributed by atoms with Gasteiger partial charge in [0.2, 0.25) is 0 Å². The van der Waals surface area contributed by atoms with Crippen LogP contribution in [-0.4, -0.2) is 19.5 Å². The third kappa shape index (κ3) is 2.23. The second-order valence-corrected chi connectivity index (χ2v) is 5.31. The lowest BCUT2D eigenvalue weighted by Gasteiger charge is -2.03. The number of aromatic amines is 1. The van der Waals surface area contributed by atoms with Crippen molar-refractivity contribution in [2.24, 2.45) is 7.05 Å². The molecule has 112 valence electrons. The van der Waals surface area contributed by atoms with E-state index in [2.05, 4.69) is 15.0 Å². The molecular formula is C18H14N4O. The molecule has 23 heavy (non-hydrogen) atoms. The van der Waals surface area contributed by atoms with Gasteiger partial charge in [-0.2, -0.15) is 0 Å². The molecule has 0 fully saturated rings. The molecule has 0 bridgehead atoms. The summed E-state index contributed by atoms with van der Waals surface area (Å²) in [6.45, 7) is 0. The lowest BCUT2D eigenvalue weighted by molar-refractivity contribution is 0.939. The predicted octanol–water partition coefficient (Wildman–Crippen LogP) is 2.99. The van der Waals surface area contributed by atoms with Gasteiger partial charge in [-0.3, -0.25) is 4.79 Å². The summed E-state index contributed by atoms with van der Waals surface area (Å²) in [7, 11) is 1.87. The molecule has 4 aromatic rings. The predicted molar refractivity (Wildman–Crippen MR) is 90.0 cm³/mol. The van der Waals surface area contributed by atoms with Crippen molar-refractivity contribution >= 4 is 11.2 Å². The topological polar surface area (TPSA) is 63.6 Å². The smallest absolute Gasteiger partial charge is 0.279 e. The summed E-state index contributed by atoms with van der Waals surface area (Å²) in [5.74, 6) is 1.27. The number of aryl methyl sites for hydroxylation is 1. The van der Waals surface area contributed by atoms with E-state index in [1.54, 1.807) is 0 Å². The molecule has 0 aliphatic rings. The molecule has 0 saturated heterocycles. The third-order valence-electron chi connectivity index (χ3n) is 3.81. The number of nitrogens with one attached hydrogen (secondary N) is 1. The fourth-order valence-corrected chi connectivity index (χ4v) is 2.65. The number of imidazole rings is 1. The van der Waals surface area contributed by atoms with Gasteiger partial charge in [0.25, 0.3) is 5.56 Å². The van der Waals surface area contributed by atoms with E-state index in [1.165, 1.54) is 0 Å². The molecule has 1 N–H and O–H groups in total. The molecule has 0 amide bonds. The Hall–Kier alpha value is -3.21. The van der Waals surface area contributed by atoms with Crippen LogP contribution < -0.4 is 5.56 Å². The molecule has 2 aromatic heterocycles. The summed E-state index contributed by atoms with van der Waals surface area (Å²) in [4.78, 5) is 24.3. The number of fused-ring (bicyclic) bond motifs is 1. The van der Waals surface area contributed by atoms with Crippen LogP contribution in [-0.2, 0) is 7.05 Å². The lowest BCUT2D eigenvalue weighted by Crippen LogP contribution is -2.10. The van der Waals surface area contributed by atoms with Gasteiger partial charge in [0.1, 0.15) is 11.6 Å². The first kappa shape index (κ1) is 13.5. The minimum atomic E-state index is -0.230. The first-order valence-electron chi connectivity index (χ1n) is 7.31. The van der Waals surface area contributed by atoms with Gasteiger partial charge >= 0.3 is 0 Å². The van der Waals surface area contributed by atoms with Crippen LogP contribution in [0.5, 0.6) is 0 Å². The van der Waals surface area contributed by atoms with Crippen molar-refractivity contribution in [3.8, 4) is 22.8 Å². The molecule has 0 saturated carbocycles. The fraction of sp³-hybridized carbons (Fsp3) is 0.0556. The van der Waals surface area contributed by atoms with Gasteiger partial charge in [-0.25, -0.2) is 9.97 Å². The van der Waals surface area contributed by atoms with Gasteiger partial charge in [0.15, 0.2) is 11.2 Å². The van der Waals surface area contributed by atoms with Crippen molar-refractivity contribution in [1.29, 1.82) is 0 Å². The fourth-order valence-electron chi connectivity index (χ4n) is 2.65. The number of H-pyrrole nitrogens is 1. The highest BCUT2D eigenvalue weighted by Crippen LogP contribution is 2.22. The first-order chi connectivity index (χ1) is 11.2. The Bertz CT molecular complexity index is 1030. The van der Waals surface area contributed by atoms with E-state index < -0.39 is 0 Å². The average molecular weight is 302 g/mol. The molecule has 4 rings (SSSR count). The van der Waals surface area contributed by atoms with E-state index in [0.717, 1.165) is 17.0 Å². The van der Waals surface area contributed by atoms with Crippen LogP contribution in [0.2, 0.25) is 0 Å². The largest absolute Gasteiger partial charge is 0.312 e. The standard InChI is InChI=1S/C18H14N4O/c1-22-16(13-10-6-3-7-11-13)19-14-17(22)20-15(21-18(14)23)12-8-4-2-5-9-12/h2-11H,1H3,(H,20,21,23). The van der Waals surface area contributed by atoms with Crippen LogP contribution >= 0.6 is 0 Å². The van der Waals surface area contributed by atoms with Crippen molar-refractivity contribution in [3.63, 3.8) is 0 Å². The highest BCUT2D eigenvalue weighted by molar-refractivity contribution is 5.78. The lowest BCUT2D eigenvalue weighted by atomic mass is 10.2. The van der Waals surface area contributed by atoms with E-state index in [0.29, 0.717) is 17.0 Å². The maximum atomic E-state index is 12.4. The molecule has 2 aromatic carbocycles. The van der Waals surface area contributed by atoms with E-state index in [4.69, 9.17) is 0 Å². The molecule has 0 aliphatic carbocycles. The van der Waals surface area contributed by atoms with Crippen LogP contribution in [0.3, 0.4) is 0 Å². The second-order valence-electron chi connectivity index (χ2n) is 5.31. The maximum Gasteiger partial charge on any atom is 0.279 e. The van der Waals surface area contributed by atoms with Crippen molar-refractivity contribution in [2.45, 2.75) is 0 Å². The molecular weight excluding hydrogens is 288 g/mol. The quantitative estimate of drug-likeness (QED) is 0.619. The molecule has 0 atom stereocenters. The number of nitrogens with zero attached hydrogens (tertiary/aromatic N) is 3. The zero-order chi connectivity index (χ0) is 15.8. The highest BCUT2D eigenvalue weighted by Gasteiger charge is 2.15. The van der Waals surface area contributed by atoms with E-state index in [-0.39, 0.29) is 5.56 Å². The van der Waals surface area contributed by atoms with Gasteiger partial charge in [-0.15, -0.1) is 0 Å². The Labute approximate surface area is 132 Å². The molecule has 0 radical (unpaired) electrons. The minimum Gasteiger partial charge on any atom is -0.312 e. The summed E-state index contributed by atoms with van der Waals surface area (Å²) in [5, 5.41) is 0. The second kappa shape index (κ2) is 5.21. The van der Waals surface area contributed by atoms with Gasteiger partial charge in [0.05, 0.1) is 0 Å². The summed E-state index contributed by atoms with van der Waals surface area (Å²) >= 11 is 0. The Morgan fingerprint density at radius 3 is 2.13 bits per heavy atom. The van der Waals surface area contributed by atoms with E-state index in [9.17, 15) is 4.79 Å². The van der Waals surface area contributed by atoms with Crippen molar-refractivity contribution in [3.05, 3.63) is 71.0 Å². The zero-order valence-electron chi connectivity index (χ0n) is 12.5. The molecule has 0 aliphatic heterocycles. The summed E-state index contributed by atoms with van der Waals surface area (Å²) in [6, 6.07) is 19.4. The molecule has 5 nitrogen and oxygen atoms in total. The minimum absolute atomic E-state index is 0.230. The first-order valence-corrected chi connectivity index (χ1v) is 7.31. The van der Waals surface area contributed by atoms with Gasteiger partial charge < -0.3 is 9.55 Å². The monoisotopic (exact) mass is 302 g/mol. The zero-order valence-corrected chi connectivity index (χ0v) is 12.5. The van der Waals surface area contributed by atoms with Crippen molar-refractivity contribution < 1.29 is 0 Å². The SMILES string of the molecule is Cn1c(-c2ccccc2)nc2c(=O)[nH]c(-c3ccccc3)nc21. The van der Waals surface area contributed by atoms with Crippen LogP contribution in [0.25, 0.3) is 33.9 Å². The summed E-state index contributed by atoms with van der Waals surface area (Å²) in [6.07, 6.45) is 0. The van der Waals surface area contributed by atoms with Gasteiger partial charge in [-0.05, 0) is 0 Å². The molecule has 2 heterocycles. The van der Waals surface area contributed by atoms with Crippen LogP contribution in [0.4, 0.5) is 0 Å². The van der Waals surface area contributed by atoms with Crippen LogP contribution in [0.15, 0.2) is 65.5 Å². The van der Waals surface area contributed by atoms with Gasteiger partial charge in [0, 0.05) is 18.2 Å². The number of hydrogen-bond acceptors (Lipinski definition) is 3. The Kier molecular flexibility index (Phi) is 3.05. The summed E-state index contributed by atoms with van der Waals surface area (Å²) < 4.78 is 1.85. The van der Waals surface area contributed by atoms with Crippen LogP contribution in [0.1, 0.15) is 0 Å². The Morgan fingerprint density at radius 2 is 1.48 bits per heavy atom. The van der Waals surface area contributed by atoms with Gasteiger partial charge in [-0.1, -0.05) is 60.7 Å².